The van der Waals surface area contributed by atoms with Crippen molar-refractivity contribution >= 4 is 35.8 Å². The Bertz CT molecular complexity index is 861. The molecule has 0 radical (unpaired) electrons. The van der Waals surface area contributed by atoms with Gasteiger partial charge in [0, 0.05) is 27.2 Å². The first-order valence-electron chi connectivity index (χ1n) is 9.68. The van der Waals surface area contributed by atoms with Crippen LogP contribution in [0, 0.1) is 11.6 Å². The van der Waals surface area contributed by atoms with E-state index in [2.05, 4.69) is 15.6 Å². The molecular weight excluding hydrogens is 517 g/mol. The van der Waals surface area contributed by atoms with Crippen LogP contribution < -0.4 is 15.4 Å². The lowest BCUT2D eigenvalue weighted by Crippen LogP contribution is -2.40. The van der Waals surface area contributed by atoms with Crippen molar-refractivity contribution in [1.29, 1.82) is 0 Å². The van der Waals surface area contributed by atoms with Crippen LogP contribution in [0.2, 0.25) is 0 Å². The van der Waals surface area contributed by atoms with Gasteiger partial charge in [-0.05, 0) is 54.3 Å². The molecular formula is C22H29F2IN4O2. The molecule has 0 atom stereocenters. The molecule has 9 heteroatoms. The molecule has 31 heavy (non-hydrogen) atoms. The van der Waals surface area contributed by atoms with E-state index in [0.717, 1.165) is 29.9 Å². The number of hydrogen-bond donors (Lipinski definition) is 2. The Morgan fingerprint density at radius 3 is 2.29 bits per heavy atom. The van der Waals surface area contributed by atoms with Gasteiger partial charge in [0.25, 0.3) is 0 Å². The van der Waals surface area contributed by atoms with Crippen LogP contribution in [0.5, 0.6) is 5.75 Å². The number of methoxy groups -OCH3 is 1. The summed E-state index contributed by atoms with van der Waals surface area (Å²) in [7, 11) is 4.94. The molecule has 0 aromatic heterocycles. The lowest BCUT2D eigenvalue weighted by atomic mass is 10.1. The number of carbonyl (C=O) groups excluding carboxylic acids is 1. The smallest absolute Gasteiger partial charge is 0.243 e. The molecule has 2 N–H and O–H groups in total. The highest BCUT2D eigenvalue weighted by Crippen LogP contribution is 2.11. The molecule has 0 spiro atoms. The number of halogens is 3. The van der Waals surface area contributed by atoms with Gasteiger partial charge in [0.1, 0.15) is 23.9 Å². The molecule has 0 heterocycles. The number of carbonyl (C=O) groups is 1. The standard InChI is InChI=1S/C22H28F2N4O2.HI/c1-28(2)21(29)15-27-22(25-12-10-16-4-7-19(30-3)8-5-16)26-13-11-17-14-18(23)6-9-20(17)24;/h4-9,14H,10-13,15H2,1-3H3,(H2,25,26,27);1H. The second-order valence-electron chi connectivity index (χ2n) is 6.89. The first-order valence-corrected chi connectivity index (χ1v) is 9.68. The molecule has 170 valence electrons. The molecule has 0 bridgehead atoms. The van der Waals surface area contributed by atoms with Gasteiger partial charge < -0.3 is 20.3 Å². The van der Waals surface area contributed by atoms with E-state index >= 15 is 0 Å². The summed E-state index contributed by atoms with van der Waals surface area (Å²) < 4.78 is 32.3. The molecule has 2 rings (SSSR count). The molecule has 1 amide bonds. The number of nitrogens with zero attached hydrogens (tertiary/aromatic N) is 2. The largest absolute Gasteiger partial charge is 0.497 e. The maximum atomic E-state index is 13.8. The van der Waals surface area contributed by atoms with Crippen LogP contribution in [-0.4, -0.2) is 57.6 Å². The molecule has 0 fully saturated rings. The number of nitrogens with one attached hydrogen (secondary N) is 2. The van der Waals surface area contributed by atoms with Crippen LogP contribution in [0.4, 0.5) is 8.78 Å². The minimum Gasteiger partial charge on any atom is -0.497 e. The van der Waals surface area contributed by atoms with Crippen molar-refractivity contribution in [2.45, 2.75) is 12.8 Å². The highest BCUT2D eigenvalue weighted by Gasteiger charge is 2.07. The fourth-order valence-electron chi connectivity index (χ4n) is 2.63. The van der Waals surface area contributed by atoms with Crippen LogP contribution in [0.15, 0.2) is 47.5 Å². The summed E-state index contributed by atoms with van der Waals surface area (Å²) in [5.74, 6) is 0.168. The lowest BCUT2D eigenvalue weighted by molar-refractivity contribution is -0.127. The molecule has 6 nitrogen and oxygen atoms in total. The zero-order chi connectivity index (χ0) is 21.9. The minimum atomic E-state index is -0.477. The molecule has 0 aliphatic rings. The zero-order valence-electron chi connectivity index (χ0n) is 18.0. The Balaban J connectivity index is 0.00000480. The lowest BCUT2D eigenvalue weighted by Gasteiger charge is -2.14. The van der Waals surface area contributed by atoms with Crippen molar-refractivity contribution in [1.82, 2.24) is 15.5 Å². The summed E-state index contributed by atoms with van der Waals surface area (Å²) >= 11 is 0. The van der Waals surface area contributed by atoms with Crippen LogP contribution in [0.25, 0.3) is 0 Å². The highest BCUT2D eigenvalue weighted by atomic mass is 127. The minimum absolute atomic E-state index is 0. The Hall–Kier alpha value is -2.43. The van der Waals surface area contributed by atoms with Crippen molar-refractivity contribution < 1.29 is 18.3 Å². The van der Waals surface area contributed by atoms with E-state index in [0.29, 0.717) is 19.0 Å². The molecule has 0 saturated carbocycles. The van der Waals surface area contributed by atoms with Crippen molar-refractivity contribution in [2.24, 2.45) is 4.99 Å². The highest BCUT2D eigenvalue weighted by molar-refractivity contribution is 14.0. The topological polar surface area (TPSA) is 66.0 Å². The number of likely N-dealkylation sites (N-methyl/N-ethyl adjacent to an activating group) is 1. The van der Waals surface area contributed by atoms with Crippen LogP contribution >= 0.6 is 24.0 Å². The fourth-order valence-corrected chi connectivity index (χ4v) is 2.63. The van der Waals surface area contributed by atoms with Gasteiger partial charge in [-0.2, -0.15) is 0 Å². The second kappa shape index (κ2) is 13.8. The van der Waals surface area contributed by atoms with E-state index < -0.39 is 11.6 Å². The first-order chi connectivity index (χ1) is 14.4. The zero-order valence-corrected chi connectivity index (χ0v) is 20.3. The average molecular weight is 546 g/mol. The summed E-state index contributed by atoms with van der Waals surface area (Å²) in [6.07, 6.45) is 1.02. The predicted molar refractivity (Wildman–Crippen MR) is 129 cm³/mol. The number of rotatable bonds is 9. The summed E-state index contributed by atoms with van der Waals surface area (Å²) in [5, 5.41) is 6.25. The Morgan fingerprint density at radius 2 is 1.68 bits per heavy atom. The third-order valence-electron chi connectivity index (χ3n) is 4.43. The van der Waals surface area contributed by atoms with E-state index in [1.54, 1.807) is 21.2 Å². The monoisotopic (exact) mass is 546 g/mol. The van der Waals surface area contributed by atoms with Gasteiger partial charge in [0.2, 0.25) is 5.91 Å². The fraction of sp³-hybridized carbons (Fsp3) is 0.364. The number of ether oxygens (including phenoxy) is 1. The summed E-state index contributed by atoms with van der Waals surface area (Å²) in [5.41, 5.74) is 1.40. The molecule has 0 unspecified atom stereocenters. The number of amides is 1. The van der Waals surface area contributed by atoms with Crippen molar-refractivity contribution in [3.63, 3.8) is 0 Å². The van der Waals surface area contributed by atoms with E-state index in [4.69, 9.17) is 4.74 Å². The number of aliphatic imine (C=N–C) groups is 1. The molecule has 0 aliphatic carbocycles. The Labute approximate surface area is 199 Å². The molecule has 0 aliphatic heterocycles. The van der Waals surface area contributed by atoms with Crippen LogP contribution in [-0.2, 0) is 17.6 Å². The summed E-state index contributed by atoms with van der Waals surface area (Å²) in [6, 6.07) is 11.1. The van der Waals surface area contributed by atoms with Crippen LogP contribution in [0.3, 0.4) is 0 Å². The van der Waals surface area contributed by atoms with E-state index in [1.807, 2.05) is 24.3 Å². The predicted octanol–water partition coefficient (Wildman–Crippen LogP) is 3.00. The summed E-state index contributed by atoms with van der Waals surface area (Å²) in [6.45, 7) is 0.909. The van der Waals surface area contributed by atoms with Gasteiger partial charge in [-0.25, -0.2) is 13.8 Å². The average Bonchev–Trinajstić information content (AvgIpc) is 2.74. The number of benzene rings is 2. The second-order valence-corrected chi connectivity index (χ2v) is 6.89. The van der Waals surface area contributed by atoms with E-state index in [1.165, 1.54) is 11.0 Å². The van der Waals surface area contributed by atoms with Crippen molar-refractivity contribution in [3.05, 3.63) is 65.2 Å². The van der Waals surface area contributed by atoms with Gasteiger partial charge in [0.15, 0.2) is 5.96 Å². The Morgan fingerprint density at radius 1 is 1.03 bits per heavy atom. The normalized spacial score (nSPS) is 10.8. The van der Waals surface area contributed by atoms with E-state index in [-0.39, 0.29) is 48.4 Å². The van der Waals surface area contributed by atoms with Gasteiger partial charge in [-0.1, -0.05) is 12.1 Å². The third-order valence-corrected chi connectivity index (χ3v) is 4.43. The molecule has 2 aromatic carbocycles. The molecule has 2 aromatic rings. The van der Waals surface area contributed by atoms with Gasteiger partial charge in [0.05, 0.1) is 7.11 Å². The Kier molecular flexibility index (Phi) is 11.8. The van der Waals surface area contributed by atoms with E-state index in [9.17, 15) is 13.6 Å². The summed E-state index contributed by atoms with van der Waals surface area (Å²) in [4.78, 5) is 17.6. The molecule has 0 saturated heterocycles. The van der Waals surface area contributed by atoms with Gasteiger partial charge in [-0.15, -0.1) is 24.0 Å². The number of hydrogen-bond acceptors (Lipinski definition) is 3. The van der Waals surface area contributed by atoms with Gasteiger partial charge >= 0.3 is 0 Å². The van der Waals surface area contributed by atoms with Crippen LogP contribution in [0.1, 0.15) is 11.1 Å². The SMILES string of the molecule is COc1ccc(CCNC(=NCC(=O)N(C)C)NCCc2cc(F)ccc2F)cc1.I. The first kappa shape index (κ1) is 26.6. The third kappa shape index (κ3) is 9.50. The maximum Gasteiger partial charge on any atom is 0.243 e. The maximum absolute atomic E-state index is 13.8. The van der Waals surface area contributed by atoms with Crippen molar-refractivity contribution in [2.75, 3.05) is 40.8 Å². The van der Waals surface area contributed by atoms with Gasteiger partial charge in [-0.3, -0.25) is 4.79 Å². The van der Waals surface area contributed by atoms with Crippen molar-refractivity contribution in [3.8, 4) is 5.75 Å². The quantitative estimate of drug-likeness (QED) is 0.289. The number of guanidine groups is 1.